The minimum atomic E-state index is -4.48. The molecule has 0 bridgehead atoms. The molecule has 0 radical (unpaired) electrons. The first-order valence-electron chi connectivity index (χ1n) is 15.2. The highest BCUT2D eigenvalue weighted by Crippen LogP contribution is 2.59. The van der Waals surface area contributed by atoms with Crippen molar-refractivity contribution in [2.75, 3.05) is 0 Å². The molecule has 5 rings (SSSR count). The first kappa shape index (κ1) is 29.2. The van der Waals surface area contributed by atoms with Gasteiger partial charge in [0.1, 0.15) is 11.5 Å². The predicted molar refractivity (Wildman–Crippen MR) is 174 cm³/mol. The lowest BCUT2D eigenvalue weighted by Gasteiger charge is -2.17. The van der Waals surface area contributed by atoms with Gasteiger partial charge in [-0.1, -0.05) is 125 Å². The van der Waals surface area contributed by atoms with Gasteiger partial charge in [0.2, 0.25) is 0 Å². The summed E-state index contributed by atoms with van der Waals surface area (Å²) in [6.45, 7) is 4.42. The average Bonchev–Trinajstić information content (AvgIpc) is 3.10. The Bertz CT molecular complexity index is 1500. The topological polar surface area (TPSA) is 55.8 Å². The summed E-state index contributed by atoms with van der Waals surface area (Å²) in [4.78, 5) is 11.0. The van der Waals surface area contributed by atoms with E-state index in [0.29, 0.717) is 11.5 Å². The van der Waals surface area contributed by atoms with Gasteiger partial charge in [0.15, 0.2) is 0 Å². The number of phosphoric ester groups is 1. The van der Waals surface area contributed by atoms with Crippen LogP contribution in [0, 0.1) is 0 Å². The first-order chi connectivity index (χ1) is 20.0. The third-order valence-corrected chi connectivity index (χ3v) is 8.59. The number of benzene rings is 4. The molecular weight excluding hydrogens is 527 g/mol. The monoisotopic (exact) mass is 568 g/mol. The molecule has 1 aliphatic rings. The zero-order chi connectivity index (χ0) is 28.7. The molecule has 214 valence electrons. The van der Waals surface area contributed by atoms with Crippen LogP contribution in [-0.4, -0.2) is 4.89 Å². The Morgan fingerprint density at radius 3 is 1.54 bits per heavy atom. The van der Waals surface area contributed by atoms with E-state index in [1.54, 1.807) is 0 Å². The standard InChI is InChI=1S/C36H41O4P/c1-3-5-7-9-11-13-21-29-25-27-19-15-17-23-31(27)33-34-32-24-18-16-20-28(32)26-30(22-14-12-10-8-6-4-2)36(34)40-41(37,38)39-35(29)33/h13-26H,3-12H2,1-2H3,(H,37,38). The number of phosphoric acid groups is 1. The molecule has 0 aromatic heterocycles. The maximum Gasteiger partial charge on any atom is 0.584 e. The normalized spacial score (nSPS) is 16.6. The minimum absolute atomic E-state index is 0.393. The molecule has 4 nitrogen and oxygen atoms in total. The third-order valence-electron chi connectivity index (χ3n) is 7.77. The number of unbranched alkanes of at least 4 members (excludes halogenated alkanes) is 8. The summed E-state index contributed by atoms with van der Waals surface area (Å²) >= 11 is 0. The molecular formula is C36H41O4P. The van der Waals surface area contributed by atoms with Gasteiger partial charge in [0.05, 0.1) is 0 Å². The van der Waals surface area contributed by atoms with Gasteiger partial charge < -0.3 is 9.05 Å². The Labute approximate surface area is 244 Å². The second-order valence-corrected chi connectivity index (χ2v) is 12.2. The minimum Gasteiger partial charge on any atom is -0.394 e. The lowest BCUT2D eigenvalue weighted by molar-refractivity contribution is 0.294. The Hall–Kier alpha value is -3.33. The molecule has 0 amide bonds. The summed E-state index contributed by atoms with van der Waals surface area (Å²) in [6.07, 6.45) is 19.7. The summed E-state index contributed by atoms with van der Waals surface area (Å²) < 4.78 is 25.4. The number of hydrogen-bond donors (Lipinski definition) is 1. The summed E-state index contributed by atoms with van der Waals surface area (Å²) in [5.41, 5.74) is 3.15. The van der Waals surface area contributed by atoms with Crippen molar-refractivity contribution < 1.29 is 18.5 Å². The van der Waals surface area contributed by atoms with Crippen LogP contribution in [-0.2, 0) is 4.57 Å². The average molecular weight is 569 g/mol. The smallest absolute Gasteiger partial charge is 0.394 e. The van der Waals surface area contributed by atoms with E-state index in [4.69, 9.17) is 9.05 Å². The molecule has 0 fully saturated rings. The van der Waals surface area contributed by atoms with Crippen LogP contribution in [0.2, 0.25) is 0 Å². The van der Waals surface area contributed by atoms with Crippen molar-refractivity contribution in [2.45, 2.75) is 78.1 Å². The van der Waals surface area contributed by atoms with E-state index >= 15 is 0 Å². The summed E-state index contributed by atoms with van der Waals surface area (Å²) in [5, 5.41) is 4.00. The molecule has 1 aliphatic heterocycles. The van der Waals surface area contributed by atoms with Crippen molar-refractivity contribution in [3.63, 3.8) is 0 Å². The van der Waals surface area contributed by atoms with E-state index in [2.05, 4.69) is 50.3 Å². The Morgan fingerprint density at radius 2 is 1.10 bits per heavy atom. The summed E-state index contributed by atoms with van der Waals surface area (Å²) in [5.74, 6) is 0.785. The largest absolute Gasteiger partial charge is 0.584 e. The third kappa shape index (κ3) is 6.77. The van der Waals surface area contributed by atoms with Crippen molar-refractivity contribution in [3.05, 3.63) is 83.9 Å². The zero-order valence-corrected chi connectivity index (χ0v) is 25.2. The molecule has 0 spiro atoms. The first-order valence-corrected chi connectivity index (χ1v) is 16.7. The van der Waals surface area contributed by atoms with Crippen molar-refractivity contribution in [3.8, 4) is 22.6 Å². The van der Waals surface area contributed by atoms with Crippen LogP contribution in [0.5, 0.6) is 11.5 Å². The molecule has 41 heavy (non-hydrogen) atoms. The zero-order valence-electron chi connectivity index (χ0n) is 24.3. The van der Waals surface area contributed by atoms with Gasteiger partial charge in [-0.05, 0) is 59.4 Å². The molecule has 0 atom stereocenters. The van der Waals surface area contributed by atoms with Crippen molar-refractivity contribution in [1.82, 2.24) is 0 Å². The van der Waals surface area contributed by atoms with E-state index in [9.17, 15) is 9.46 Å². The highest BCUT2D eigenvalue weighted by atomic mass is 31.2. The quantitative estimate of drug-likeness (QED) is 0.136. The SMILES string of the molecule is CCCCCCC=Cc1cc2ccccc2c2c1OP(=O)(O)Oc1c(C=CCCCCCC)cc3ccccc3c1-2. The molecule has 0 saturated carbocycles. The van der Waals surface area contributed by atoms with Crippen LogP contribution in [0.1, 0.15) is 89.2 Å². The van der Waals surface area contributed by atoms with Crippen LogP contribution in [0.25, 0.3) is 44.8 Å². The van der Waals surface area contributed by atoms with Gasteiger partial charge in [0, 0.05) is 22.3 Å². The summed E-state index contributed by atoms with van der Waals surface area (Å²) in [6, 6.07) is 20.4. The second-order valence-electron chi connectivity index (χ2n) is 10.9. The Morgan fingerprint density at radius 1 is 0.659 bits per heavy atom. The number of rotatable bonds is 12. The van der Waals surface area contributed by atoms with Gasteiger partial charge in [-0.15, -0.1) is 0 Å². The fourth-order valence-corrected chi connectivity index (χ4v) is 6.58. The van der Waals surface area contributed by atoms with Gasteiger partial charge in [-0.25, -0.2) is 4.57 Å². The fraction of sp³-hybridized carbons (Fsp3) is 0.333. The molecule has 0 aliphatic carbocycles. The molecule has 1 N–H and O–H groups in total. The van der Waals surface area contributed by atoms with Crippen molar-refractivity contribution >= 4 is 41.5 Å². The molecule has 5 heteroatoms. The van der Waals surface area contributed by atoms with Crippen LogP contribution in [0.4, 0.5) is 0 Å². The maximum absolute atomic E-state index is 13.5. The van der Waals surface area contributed by atoms with E-state index in [0.717, 1.165) is 69.5 Å². The van der Waals surface area contributed by atoms with E-state index in [1.807, 2.05) is 48.6 Å². The fourth-order valence-electron chi connectivity index (χ4n) is 5.69. The lowest BCUT2D eigenvalue weighted by Crippen LogP contribution is -2.00. The van der Waals surface area contributed by atoms with Crippen LogP contribution >= 0.6 is 7.82 Å². The van der Waals surface area contributed by atoms with E-state index in [-0.39, 0.29) is 0 Å². The van der Waals surface area contributed by atoms with Crippen LogP contribution < -0.4 is 9.05 Å². The molecule has 1 heterocycles. The molecule has 0 unspecified atom stereocenters. The number of fused-ring (bicyclic) bond motifs is 7. The number of allylic oxidation sites excluding steroid dienone is 2. The van der Waals surface area contributed by atoms with Gasteiger partial charge in [-0.3, -0.25) is 4.89 Å². The van der Waals surface area contributed by atoms with Crippen molar-refractivity contribution in [1.29, 1.82) is 0 Å². The maximum atomic E-state index is 13.5. The number of hydrogen-bond acceptors (Lipinski definition) is 3. The predicted octanol–water partition coefficient (Wildman–Crippen LogP) is 11.5. The van der Waals surface area contributed by atoms with Gasteiger partial charge in [0.25, 0.3) is 0 Å². The lowest BCUT2D eigenvalue weighted by atomic mass is 9.88. The van der Waals surface area contributed by atoms with Gasteiger partial charge in [-0.2, -0.15) is 0 Å². The second kappa shape index (κ2) is 13.6. The molecule has 4 aromatic carbocycles. The molecule has 4 aromatic rings. The van der Waals surface area contributed by atoms with Crippen molar-refractivity contribution in [2.24, 2.45) is 0 Å². The molecule has 0 saturated heterocycles. The van der Waals surface area contributed by atoms with Crippen LogP contribution in [0.3, 0.4) is 0 Å². The Balaban J connectivity index is 1.71. The van der Waals surface area contributed by atoms with E-state index in [1.165, 1.54) is 38.5 Å². The summed E-state index contributed by atoms with van der Waals surface area (Å²) in [7, 11) is -4.48. The van der Waals surface area contributed by atoms with Crippen LogP contribution in [0.15, 0.2) is 72.8 Å². The Kier molecular flexibility index (Phi) is 9.64. The highest BCUT2D eigenvalue weighted by molar-refractivity contribution is 7.48. The van der Waals surface area contributed by atoms with Gasteiger partial charge >= 0.3 is 7.82 Å². The van der Waals surface area contributed by atoms with E-state index < -0.39 is 7.82 Å². The highest BCUT2D eigenvalue weighted by Gasteiger charge is 2.36.